The average molecular weight is 254 g/mol. The highest BCUT2D eigenvalue weighted by molar-refractivity contribution is 5.85. The van der Waals surface area contributed by atoms with E-state index in [9.17, 15) is 4.79 Å². The Bertz CT molecular complexity index is 436. The van der Waals surface area contributed by atoms with Crippen molar-refractivity contribution in [2.24, 2.45) is 11.5 Å². The van der Waals surface area contributed by atoms with Gasteiger partial charge in [-0.25, -0.2) is 0 Å². The Morgan fingerprint density at radius 1 is 1.33 bits per heavy atom. The number of amides is 1. The first kappa shape index (κ1) is 14.3. The molecule has 0 aliphatic rings. The summed E-state index contributed by atoms with van der Waals surface area (Å²) in [6, 6.07) is 5.13. The van der Waals surface area contributed by atoms with Crippen LogP contribution in [-0.4, -0.2) is 37.4 Å². The van der Waals surface area contributed by atoms with Crippen LogP contribution in [0.4, 0.5) is 0 Å². The van der Waals surface area contributed by atoms with Gasteiger partial charge < -0.3 is 26.0 Å². The van der Waals surface area contributed by atoms with Crippen molar-refractivity contribution >= 4 is 5.91 Å². The Balaban J connectivity index is 3.01. The summed E-state index contributed by atoms with van der Waals surface area (Å²) in [5, 5.41) is 9.16. The van der Waals surface area contributed by atoms with Crippen LogP contribution in [0.15, 0.2) is 18.2 Å². The van der Waals surface area contributed by atoms with E-state index in [1.54, 1.807) is 18.2 Å². The fourth-order valence-electron chi connectivity index (χ4n) is 1.58. The number of carbonyl (C=O) groups excluding carboxylic acids is 1. The number of carbonyl (C=O) groups is 1. The van der Waals surface area contributed by atoms with Crippen LogP contribution in [0.2, 0.25) is 0 Å². The van der Waals surface area contributed by atoms with Crippen LogP contribution in [-0.2, 0) is 11.2 Å². The first-order valence-electron chi connectivity index (χ1n) is 5.37. The average Bonchev–Trinajstić information content (AvgIpc) is 2.38. The zero-order valence-corrected chi connectivity index (χ0v) is 10.5. The number of methoxy groups -OCH3 is 2. The van der Waals surface area contributed by atoms with E-state index in [2.05, 4.69) is 0 Å². The smallest absolute Gasteiger partial charge is 0.240 e. The van der Waals surface area contributed by atoms with E-state index in [1.165, 1.54) is 14.2 Å². The maximum Gasteiger partial charge on any atom is 0.240 e. The van der Waals surface area contributed by atoms with Crippen molar-refractivity contribution in [3.8, 4) is 11.5 Å². The number of aliphatic hydroxyl groups excluding tert-OH is 1. The van der Waals surface area contributed by atoms with E-state index in [-0.39, 0.29) is 6.42 Å². The molecule has 0 aliphatic heterocycles. The molecule has 1 rings (SSSR count). The molecule has 6 nitrogen and oxygen atoms in total. The molecule has 0 spiro atoms. The molecule has 0 aliphatic carbocycles. The van der Waals surface area contributed by atoms with E-state index in [4.69, 9.17) is 26.0 Å². The molecule has 0 saturated carbocycles. The monoisotopic (exact) mass is 254 g/mol. The lowest BCUT2D eigenvalue weighted by Crippen LogP contribution is -2.56. The highest BCUT2D eigenvalue weighted by atomic mass is 16.5. The topological polar surface area (TPSA) is 108 Å². The summed E-state index contributed by atoms with van der Waals surface area (Å²) in [5.41, 5.74) is 10.2. The van der Waals surface area contributed by atoms with Crippen LogP contribution in [0.25, 0.3) is 0 Å². The zero-order chi connectivity index (χ0) is 13.8. The van der Waals surface area contributed by atoms with Gasteiger partial charge in [-0.05, 0) is 17.7 Å². The van der Waals surface area contributed by atoms with Crippen LogP contribution in [0.5, 0.6) is 11.5 Å². The van der Waals surface area contributed by atoms with Crippen LogP contribution >= 0.6 is 0 Å². The van der Waals surface area contributed by atoms with Gasteiger partial charge >= 0.3 is 0 Å². The number of hydrogen-bond donors (Lipinski definition) is 3. The summed E-state index contributed by atoms with van der Waals surface area (Å²) in [4.78, 5) is 11.2. The van der Waals surface area contributed by atoms with Crippen LogP contribution in [0.1, 0.15) is 5.56 Å². The van der Waals surface area contributed by atoms with Gasteiger partial charge in [0.25, 0.3) is 0 Å². The standard InChI is InChI=1S/C12H18N2O4/c1-17-9-4-3-8(5-10(9)18-2)6-12(14,7-15)11(13)16/h3-5,15H,6-7,14H2,1-2H3,(H2,13,16). The first-order chi connectivity index (χ1) is 8.46. The van der Waals surface area contributed by atoms with Gasteiger partial charge in [-0.3, -0.25) is 4.79 Å². The van der Waals surface area contributed by atoms with Crippen molar-refractivity contribution < 1.29 is 19.4 Å². The lowest BCUT2D eigenvalue weighted by Gasteiger charge is -2.23. The van der Waals surface area contributed by atoms with Crippen molar-refractivity contribution in [1.29, 1.82) is 0 Å². The highest BCUT2D eigenvalue weighted by Gasteiger charge is 2.31. The van der Waals surface area contributed by atoms with Crippen molar-refractivity contribution in [2.45, 2.75) is 12.0 Å². The van der Waals surface area contributed by atoms with E-state index in [0.717, 1.165) is 5.56 Å². The van der Waals surface area contributed by atoms with Gasteiger partial charge in [0, 0.05) is 6.42 Å². The Hall–Kier alpha value is -1.79. The maximum absolute atomic E-state index is 11.2. The third-order valence-corrected chi connectivity index (χ3v) is 2.74. The summed E-state index contributed by atoms with van der Waals surface area (Å²) in [6.45, 7) is -0.517. The van der Waals surface area contributed by atoms with Crippen molar-refractivity contribution in [3.05, 3.63) is 23.8 Å². The summed E-state index contributed by atoms with van der Waals surface area (Å²) in [6.07, 6.45) is 0.124. The summed E-state index contributed by atoms with van der Waals surface area (Å²) in [7, 11) is 3.04. The van der Waals surface area contributed by atoms with Gasteiger partial charge in [0.2, 0.25) is 5.91 Å². The summed E-state index contributed by atoms with van der Waals surface area (Å²) >= 11 is 0. The number of nitrogens with two attached hydrogens (primary N) is 2. The summed E-state index contributed by atoms with van der Waals surface area (Å²) in [5.74, 6) is 0.353. The second kappa shape index (κ2) is 5.70. The van der Waals surface area contributed by atoms with Gasteiger partial charge in [-0.2, -0.15) is 0 Å². The molecule has 1 aromatic carbocycles. The molecule has 18 heavy (non-hydrogen) atoms. The van der Waals surface area contributed by atoms with E-state index in [1.807, 2.05) is 0 Å². The van der Waals surface area contributed by atoms with E-state index < -0.39 is 18.1 Å². The molecule has 1 aromatic rings. The normalized spacial score (nSPS) is 13.8. The van der Waals surface area contributed by atoms with Crippen LogP contribution in [0, 0.1) is 0 Å². The fourth-order valence-corrected chi connectivity index (χ4v) is 1.58. The van der Waals surface area contributed by atoms with Gasteiger partial charge in [0.15, 0.2) is 11.5 Å². The molecule has 0 aromatic heterocycles. The molecule has 6 heteroatoms. The molecule has 1 atom stereocenters. The van der Waals surface area contributed by atoms with E-state index >= 15 is 0 Å². The quantitative estimate of drug-likeness (QED) is 0.629. The lowest BCUT2D eigenvalue weighted by atomic mass is 9.92. The molecular formula is C12H18N2O4. The number of rotatable bonds is 6. The first-order valence-corrected chi connectivity index (χ1v) is 5.37. The number of benzene rings is 1. The second-order valence-electron chi connectivity index (χ2n) is 4.04. The van der Waals surface area contributed by atoms with Crippen molar-refractivity contribution in [2.75, 3.05) is 20.8 Å². The molecule has 0 heterocycles. The van der Waals surface area contributed by atoms with Gasteiger partial charge in [0.1, 0.15) is 5.54 Å². The Morgan fingerprint density at radius 2 is 1.94 bits per heavy atom. The van der Waals surface area contributed by atoms with Gasteiger partial charge in [-0.15, -0.1) is 0 Å². The Morgan fingerprint density at radius 3 is 2.39 bits per heavy atom. The molecule has 5 N–H and O–H groups in total. The van der Waals surface area contributed by atoms with Crippen molar-refractivity contribution in [3.63, 3.8) is 0 Å². The second-order valence-corrected chi connectivity index (χ2v) is 4.04. The number of primary amides is 1. The largest absolute Gasteiger partial charge is 0.493 e. The highest BCUT2D eigenvalue weighted by Crippen LogP contribution is 2.28. The van der Waals surface area contributed by atoms with Gasteiger partial charge in [-0.1, -0.05) is 6.07 Å². The molecule has 1 unspecified atom stereocenters. The molecule has 0 radical (unpaired) electrons. The number of aliphatic hydroxyl groups is 1. The molecule has 1 amide bonds. The van der Waals surface area contributed by atoms with E-state index in [0.29, 0.717) is 11.5 Å². The molecule has 0 bridgehead atoms. The maximum atomic E-state index is 11.2. The zero-order valence-electron chi connectivity index (χ0n) is 10.5. The minimum Gasteiger partial charge on any atom is -0.493 e. The third kappa shape index (κ3) is 2.91. The Kier molecular flexibility index (Phi) is 4.52. The predicted octanol–water partition coefficient (Wildman–Crippen LogP) is -0.579. The molecule has 0 fully saturated rings. The number of ether oxygens (including phenoxy) is 2. The lowest BCUT2D eigenvalue weighted by molar-refractivity contribution is -0.124. The Labute approximate surface area is 105 Å². The van der Waals surface area contributed by atoms with Crippen LogP contribution in [0.3, 0.4) is 0 Å². The number of hydrogen-bond acceptors (Lipinski definition) is 5. The van der Waals surface area contributed by atoms with Crippen molar-refractivity contribution in [1.82, 2.24) is 0 Å². The predicted molar refractivity (Wildman–Crippen MR) is 66.4 cm³/mol. The molecule has 100 valence electrons. The fraction of sp³-hybridized carbons (Fsp3) is 0.417. The molecular weight excluding hydrogens is 236 g/mol. The third-order valence-electron chi connectivity index (χ3n) is 2.74. The van der Waals surface area contributed by atoms with Crippen LogP contribution < -0.4 is 20.9 Å². The van der Waals surface area contributed by atoms with Gasteiger partial charge in [0.05, 0.1) is 20.8 Å². The summed E-state index contributed by atoms with van der Waals surface area (Å²) < 4.78 is 10.2. The SMILES string of the molecule is COc1ccc(CC(N)(CO)C(N)=O)cc1OC. The minimum atomic E-state index is -1.47. The minimum absolute atomic E-state index is 0.124. The molecule has 0 saturated heterocycles.